The molecule has 4 heteroatoms. The Kier molecular flexibility index (Phi) is 5.49. The summed E-state index contributed by atoms with van der Waals surface area (Å²) in [6, 6.07) is 17.9. The molecule has 0 saturated carbocycles. The van der Waals surface area contributed by atoms with Crippen molar-refractivity contribution >= 4 is 11.9 Å². The summed E-state index contributed by atoms with van der Waals surface area (Å²) in [5, 5.41) is 0. The molecule has 1 aliphatic rings. The molecule has 1 saturated heterocycles. The Bertz CT molecular complexity index is 717. The van der Waals surface area contributed by atoms with E-state index in [4.69, 9.17) is 4.74 Å². The number of Topliss-reactive ketones (excluding diaryl/α,β-unsaturated/α-hetero) is 1. The van der Waals surface area contributed by atoms with Crippen LogP contribution in [-0.2, 0) is 4.74 Å². The summed E-state index contributed by atoms with van der Waals surface area (Å²) >= 11 is 0. The topological polar surface area (TPSA) is 46.6 Å². The number of carbonyl (C=O) groups excluding carboxylic acids is 2. The Morgan fingerprint density at radius 3 is 2.16 bits per heavy atom. The zero-order valence-corrected chi connectivity index (χ0v) is 14.5. The Labute approximate surface area is 148 Å². The fourth-order valence-corrected chi connectivity index (χ4v) is 3.23. The second-order valence-electron chi connectivity index (χ2n) is 6.27. The van der Waals surface area contributed by atoms with Crippen LogP contribution in [0.5, 0.6) is 0 Å². The van der Waals surface area contributed by atoms with Gasteiger partial charge in [-0.3, -0.25) is 4.79 Å². The van der Waals surface area contributed by atoms with Crippen molar-refractivity contribution in [1.82, 2.24) is 4.90 Å². The molecule has 4 nitrogen and oxygen atoms in total. The number of likely N-dealkylation sites (tertiary alicyclic amines) is 1. The fraction of sp³-hybridized carbons (Fsp3) is 0.333. The summed E-state index contributed by atoms with van der Waals surface area (Å²) in [6.07, 6.45) is 1.11. The highest BCUT2D eigenvalue weighted by atomic mass is 16.6. The first kappa shape index (κ1) is 17.2. The van der Waals surface area contributed by atoms with Crippen molar-refractivity contribution in [3.05, 3.63) is 60.2 Å². The van der Waals surface area contributed by atoms with E-state index in [0.717, 1.165) is 16.7 Å². The number of rotatable bonds is 4. The van der Waals surface area contributed by atoms with E-state index in [1.165, 1.54) is 0 Å². The van der Waals surface area contributed by atoms with E-state index < -0.39 is 0 Å². The molecular formula is C21H23NO3. The second-order valence-corrected chi connectivity index (χ2v) is 6.27. The number of ketones is 1. The van der Waals surface area contributed by atoms with Gasteiger partial charge in [0.15, 0.2) is 5.78 Å². The molecule has 0 radical (unpaired) electrons. The third-order valence-corrected chi connectivity index (χ3v) is 4.67. The van der Waals surface area contributed by atoms with Crippen LogP contribution in [0.3, 0.4) is 0 Å². The van der Waals surface area contributed by atoms with Gasteiger partial charge in [0.25, 0.3) is 0 Å². The van der Waals surface area contributed by atoms with Gasteiger partial charge >= 0.3 is 6.09 Å². The Hall–Kier alpha value is -2.62. The van der Waals surface area contributed by atoms with Gasteiger partial charge in [-0.1, -0.05) is 54.6 Å². The summed E-state index contributed by atoms with van der Waals surface area (Å²) in [6.45, 7) is 3.34. The lowest BCUT2D eigenvalue weighted by Gasteiger charge is -2.30. The number of nitrogens with zero attached hydrogens (tertiary/aromatic N) is 1. The van der Waals surface area contributed by atoms with Crippen molar-refractivity contribution in [2.75, 3.05) is 19.7 Å². The normalized spacial score (nSPS) is 15.0. The third-order valence-electron chi connectivity index (χ3n) is 4.67. The average Bonchev–Trinajstić information content (AvgIpc) is 2.68. The molecule has 2 aromatic rings. The molecule has 0 aliphatic carbocycles. The van der Waals surface area contributed by atoms with Crippen molar-refractivity contribution in [1.29, 1.82) is 0 Å². The van der Waals surface area contributed by atoms with Crippen LogP contribution in [0.1, 0.15) is 30.1 Å². The summed E-state index contributed by atoms with van der Waals surface area (Å²) in [5.41, 5.74) is 2.99. The minimum atomic E-state index is -0.277. The number of ether oxygens (including phenoxy) is 1. The number of piperidine rings is 1. The van der Waals surface area contributed by atoms with Crippen LogP contribution in [0.4, 0.5) is 4.79 Å². The van der Waals surface area contributed by atoms with E-state index in [1.807, 2.05) is 42.5 Å². The molecule has 1 aliphatic heterocycles. The predicted octanol–water partition coefficient (Wildman–Crippen LogP) is 4.40. The summed E-state index contributed by atoms with van der Waals surface area (Å²) in [5.74, 6) is 0.149. The molecule has 130 valence electrons. The van der Waals surface area contributed by atoms with Crippen molar-refractivity contribution in [2.24, 2.45) is 5.92 Å². The monoisotopic (exact) mass is 337 g/mol. The zero-order valence-electron chi connectivity index (χ0n) is 14.5. The van der Waals surface area contributed by atoms with Gasteiger partial charge in [0, 0.05) is 24.6 Å². The van der Waals surface area contributed by atoms with Crippen LogP contribution in [0, 0.1) is 5.92 Å². The number of carbonyl (C=O) groups is 2. The third kappa shape index (κ3) is 4.08. The van der Waals surface area contributed by atoms with Crippen molar-refractivity contribution in [2.45, 2.75) is 19.8 Å². The van der Waals surface area contributed by atoms with Crippen LogP contribution in [0.15, 0.2) is 54.6 Å². The molecule has 25 heavy (non-hydrogen) atoms. The Balaban J connectivity index is 1.61. The molecule has 0 aromatic heterocycles. The SMILES string of the molecule is CCOC(=O)N1CCC(C(=O)c2ccc(-c3ccccc3)cc2)CC1. The van der Waals surface area contributed by atoms with Gasteiger partial charge in [0.2, 0.25) is 0 Å². The number of hydrogen-bond donors (Lipinski definition) is 0. The fourth-order valence-electron chi connectivity index (χ4n) is 3.23. The van der Waals surface area contributed by atoms with Gasteiger partial charge in [0.1, 0.15) is 0 Å². The van der Waals surface area contributed by atoms with Gasteiger partial charge in [-0.15, -0.1) is 0 Å². The van der Waals surface area contributed by atoms with E-state index in [1.54, 1.807) is 11.8 Å². The summed E-state index contributed by atoms with van der Waals surface area (Å²) < 4.78 is 5.02. The maximum Gasteiger partial charge on any atom is 0.409 e. The van der Waals surface area contributed by atoms with Crippen molar-refractivity contribution < 1.29 is 14.3 Å². The molecule has 0 atom stereocenters. The number of benzene rings is 2. The van der Waals surface area contributed by atoms with E-state index in [0.29, 0.717) is 32.5 Å². The summed E-state index contributed by atoms with van der Waals surface area (Å²) in [4.78, 5) is 26.1. The molecule has 1 fully saturated rings. The van der Waals surface area contributed by atoms with Crippen LogP contribution in [0.25, 0.3) is 11.1 Å². The predicted molar refractivity (Wildman–Crippen MR) is 97.5 cm³/mol. The highest BCUT2D eigenvalue weighted by Crippen LogP contribution is 2.24. The number of hydrogen-bond acceptors (Lipinski definition) is 3. The first-order valence-corrected chi connectivity index (χ1v) is 8.80. The van der Waals surface area contributed by atoms with E-state index in [-0.39, 0.29) is 17.8 Å². The molecule has 1 heterocycles. The van der Waals surface area contributed by atoms with Gasteiger partial charge < -0.3 is 9.64 Å². The van der Waals surface area contributed by atoms with Crippen LogP contribution in [0.2, 0.25) is 0 Å². The first-order valence-electron chi connectivity index (χ1n) is 8.80. The lowest BCUT2D eigenvalue weighted by atomic mass is 9.88. The molecule has 0 N–H and O–H groups in total. The standard InChI is InChI=1S/C21H23NO3/c1-2-25-21(24)22-14-12-19(13-15-22)20(23)18-10-8-17(9-11-18)16-6-4-3-5-7-16/h3-11,19H,2,12-15H2,1H3. The van der Waals surface area contributed by atoms with Gasteiger partial charge in [0.05, 0.1) is 6.61 Å². The van der Waals surface area contributed by atoms with E-state index >= 15 is 0 Å². The van der Waals surface area contributed by atoms with Crippen LogP contribution >= 0.6 is 0 Å². The molecule has 0 bridgehead atoms. The molecule has 3 rings (SSSR count). The molecule has 0 spiro atoms. The van der Waals surface area contributed by atoms with Gasteiger partial charge in [-0.05, 0) is 30.9 Å². The van der Waals surface area contributed by atoms with Crippen LogP contribution < -0.4 is 0 Å². The van der Waals surface area contributed by atoms with Gasteiger partial charge in [-0.25, -0.2) is 4.79 Å². The van der Waals surface area contributed by atoms with Crippen LogP contribution in [-0.4, -0.2) is 36.5 Å². The van der Waals surface area contributed by atoms with Crippen molar-refractivity contribution in [3.8, 4) is 11.1 Å². The maximum absolute atomic E-state index is 12.7. The maximum atomic E-state index is 12.7. The van der Waals surface area contributed by atoms with E-state index in [2.05, 4.69) is 12.1 Å². The molecule has 0 unspecified atom stereocenters. The largest absolute Gasteiger partial charge is 0.450 e. The molecule has 1 amide bonds. The second kappa shape index (κ2) is 7.97. The minimum Gasteiger partial charge on any atom is -0.450 e. The molecular weight excluding hydrogens is 314 g/mol. The highest BCUT2D eigenvalue weighted by molar-refractivity contribution is 5.98. The van der Waals surface area contributed by atoms with Crippen molar-refractivity contribution in [3.63, 3.8) is 0 Å². The average molecular weight is 337 g/mol. The Morgan fingerprint density at radius 2 is 1.56 bits per heavy atom. The van der Waals surface area contributed by atoms with E-state index in [9.17, 15) is 9.59 Å². The smallest absolute Gasteiger partial charge is 0.409 e. The van der Waals surface area contributed by atoms with Gasteiger partial charge in [-0.2, -0.15) is 0 Å². The lowest BCUT2D eigenvalue weighted by Crippen LogP contribution is -2.40. The minimum absolute atomic E-state index is 0.0201. The summed E-state index contributed by atoms with van der Waals surface area (Å²) in [7, 11) is 0. The zero-order chi connectivity index (χ0) is 17.6. The number of amides is 1. The molecule has 2 aromatic carbocycles. The lowest BCUT2D eigenvalue weighted by molar-refractivity contribution is 0.0753. The quantitative estimate of drug-likeness (QED) is 0.777. The first-order chi connectivity index (χ1) is 12.2. The highest BCUT2D eigenvalue weighted by Gasteiger charge is 2.28. The Morgan fingerprint density at radius 1 is 0.960 bits per heavy atom.